The summed E-state index contributed by atoms with van der Waals surface area (Å²) < 4.78 is 0. The minimum absolute atomic E-state index is 0.0298. The molecular weight excluding hydrogens is 568 g/mol. The number of aromatic amines is 3. The molecule has 3 aromatic heterocycles. The fourth-order valence-corrected chi connectivity index (χ4v) is 4.86. The van der Waals surface area contributed by atoms with Crippen molar-refractivity contribution in [2.75, 3.05) is 6.54 Å². The average molecular weight is 607 g/mol. The van der Waals surface area contributed by atoms with Crippen LogP contribution in [-0.4, -0.2) is 84.4 Å². The zero-order chi connectivity index (χ0) is 31.5. The molecule has 3 amide bonds. The highest BCUT2D eigenvalue weighted by molar-refractivity contribution is 5.95. The van der Waals surface area contributed by atoms with E-state index in [4.69, 9.17) is 11.5 Å². The van der Waals surface area contributed by atoms with Gasteiger partial charge in [-0.25, -0.2) is 14.8 Å². The van der Waals surface area contributed by atoms with Gasteiger partial charge in [0, 0.05) is 60.1 Å². The molecule has 0 fully saturated rings. The number of aromatic nitrogens is 5. The Balaban J connectivity index is 1.53. The molecule has 0 saturated heterocycles. The fraction of sp³-hybridized carbons (Fsp3) is 0.379. The number of carboxylic acids is 1. The third-order valence-electron chi connectivity index (χ3n) is 7.24. The molecule has 44 heavy (non-hydrogen) atoms. The monoisotopic (exact) mass is 606 g/mol. The van der Waals surface area contributed by atoms with Gasteiger partial charge in [0.15, 0.2) is 0 Å². The first-order valence-electron chi connectivity index (χ1n) is 14.3. The van der Waals surface area contributed by atoms with Gasteiger partial charge in [0.25, 0.3) is 0 Å². The number of nitrogens with two attached hydrogens (primary N) is 2. The van der Waals surface area contributed by atoms with Gasteiger partial charge in [0.1, 0.15) is 18.1 Å². The zero-order valence-electron chi connectivity index (χ0n) is 24.1. The summed E-state index contributed by atoms with van der Waals surface area (Å²) in [6, 6.07) is 3.12. The molecular formula is C29H38N10O5. The van der Waals surface area contributed by atoms with Crippen molar-refractivity contribution in [2.45, 2.75) is 62.7 Å². The normalized spacial score (nSPS) is 14.0. The third kappa shape index (κ3) is 8.75. The van der Waals surface area contributed by atoms with E-state index in [1.165, 1.54) is 18.9 Å². The van der Waals surface area contributed by atoms with Crippen molar-refractivity contribution in [3.63, 3.8) is 0 Å². The summed E-state index contributed by atoms with van der Waals surface area (Å²) in [5, 5.41) is 18.6. The molecule has 4 unspecified atom stereocenters. The van der Waals surface area contributed by atoms with Crippen molar-refractivity contribution in [3.05, 3.63) is 72.5 Å². The van der Waals surface area contributed by atoms with Gasteiger partial charge in [-0.2, -0.15) is 0 Å². The van der Waals surface area contributed by atoms with Crippen LogP contribution in [0.1, 0.15) is 36.2 Å². The van der Waals surface area contributed by atoms with Crippen LogP contribution < -0.4 is 27.4 Å². The van der Waals surface area contributed by atoms with Crippen LogP contribution in [0.25, 0.3) is 10.9 Å². The van der Waals surface area contributed by atoms with E-state index in [1.54, 1.807) is 12.4 Å². The maximum absolute atomic E-state index is 13.8. The van der Waals surface area contributed by atoms with Gasteiger partial charge in [-0.1, -0.05) is 18.2 Å². The number of nitrogens with one attached hydrogen (secondary N) is 6. The van der Waals surface area contributed by atoms with E-state index in [9.17, 15) is 24.3 Å². The standard InChI is InChI=1S/C29H38N10O5/c30-8-4-3-7-23(27(41)39-25(29(43)44)11-19-14-33-16-36-19)37-28(42)24(9-17-12-34-22-6-2-1-5-20(17)22)38-26(40)21(31)10-18-13-32-15-35-18/h1-2,5-6,12-16,21,23-25,34H,3-4,7-11,30-31H2,(H,32,35)(H,33,36)(H,37,42)(H,38,40)(H,39,41)(H,43,44). The molecule has 1 aromatic carbocycles. The van der Waals surface area contributed by atoms with Gasteiger partial charge in [0.2, 0.25) is 17.7 Å². The molecule has 0 aliphatic heterocycles. The van der Waals surface area contributed by atoms with Crippen molar-refractivity contribution in [1.29, 1.82) is 0 Å². The van der Waals surface area contributed by atoms with E-state index in [0.717, 1.165) is 16.5 Å². The molecule has 0 spiro atoms. The van der Waals surface area contributed by atoms with Gasteiger partial charge in [-0.05, 0) is 37.4 Å². The first-order valence-corrected chi connectivity index (χ1v) is 14.3. The van der Waals surface area contributed by atoms with Gasteiger partial charge in [0.05, 0.1) is 18.7 Å². The Morgan fingerprint density at radius 2 is 1.43 bits per heavy atom. The highest BCUT2D eigenvalue weighted by atomic mass is 16.4. The zero-order valence-corrected chi connectivity index (χ0v) is 24.1. The number of imidazole rings is 2. The van der Waals surface area contributed by atoms with Crippen LogP contribution in [0.15, 0.2) is 55.5 Å². The smallest absolute Gasteiger partial charge is 0.326 e. The molecule has 4 atom stereocenters. The Morgan fingerprint density at radius 1 is 0.795 bits per heavy atom. The van der Waals surface area contributed by atoms with Crippen molar-refractivity contribution < 1.29 is 24.3 Å². The number of aliphatic carboxylic acids is 1. The second-order valence-electron chi connectivity index (χ2n) is 10.5. The maximum atomic E-state index is 13.8. The van der Waals surface area contributed by atoms with Crippen LogP contribution in [-0.2, 0) is 38.4 Å². The van der Waals surface area contributed by atoms with E-state index < -0.39 is 47.9 Å². The van der Waals surface area contributed by atoms with Crippen molar-refractivity contribution in [1.82, 2.24) is 40.9 Å². The van der Waals surface area contributed by atoms with Crippen LogP contribution in [0.3, 0.4) is 0 Å². The lowest BCUT2D eigenvalue weighted by atomic mass is 10.0. The average Bonchev–Trinajstić information content (AvgIpc) is 3.79. The minimum atomic E-state index is -1.26. The number of carbonyl (C=O) groups is 4. The SMILES string of the molecule is NCCCCC(NC(=O)C(Cc1c[nH]c2ccccc12)NC(=O)C(N)Cc1cnc[nH]1)C(=O)NC(Cc1cnc[nH]1)C(=O)O. The van der Waals surface area contributed by atoms with E-state index >= 15 is 0 Å². The first kappa shape index (κ1) is 31.9. The topological polar surface area (TPSA) is 250 Å². The lowest BCUT2D eigenvalue weighted by Gasteiger charge is -2.25. The number of para-hydroxylation sites is 1. The predicted octanol–water partition coefficient (Wildman–Crippen LogP) is -0.363. The van der Waals surface area contributed by atoms with E-state index in [2.05, 4.69) is 40.9 Å². The summed E-state index contributed by atoms with van der Waals surface area (Å²) in [7, 11) is 0. The highest BCUT2D eigenvalue weighted by Crippen LogP contribution is 2.19. The van der Waals surface area contributed by atoms with Crippen LogP contribution >= 0.6 is 0 Å². The van der Waals surface area contributed by atoms with Crippen LogP contribution in [0.5, 0.6) is 0 Å². The van der Waals surface area contributed by atoms with Gasteiger partial charge < -0.3 is 47.5 Å². The quantitative estimate of drug-likeness (QED) is 0.0711. The van der Waals surface area contributed by atoms with Gasteiger partial charge in [-0.3, -0.25) is 14.4 Å². The largest absolute Gasteiger partial charge is 0.480 e. The molecule has 4 rings (SSSR count). The van der Waals surface area contributed by atoms with Gasteiger partial charge >= 0.3 is 5.97 Å². The number of fused-ring (bicyclic) bond motifs is 1. The van der Waals surface area contributed by atoms with Crippen molar-refractivity contribution in [2.24, 2.45) is 11.5 Å². The third-order valence-corrected chi connectivity index (χ3v) is 7.24. The Morgan fingerprint density at radius 3 is 2.09 bits per heavy atom. The number of benzene rings is 1. The Hall–Kier alpha value is -5.02. The molecule has 234 valence electrons. The number of rotatable bonds is 17. The summed E-state index contributed by atoms with van der Waals surface area (Å²) in [5.41, 5.74) is 14.6. The summed E-state index contributed by atoms with van der Waals surface area (Å²) in [6.07, 6.45) is 9.23. The number of hydrogen-bond acceptors (Lipinski definition) is 8. The molecule has 15 heteroatoms. The number of hydrogen-bond donors (Lipinski definition) is 9. The number of H-pyrrole nitrogens is 3. The van der Waals surface area contributed by atoms with Crippen molar-refractivity contribution >= 4 is 34.6 Å². The Kier molecular flexibility index (Phi) is 11.2. The molecule has 0 saturated carbocycles. The Labute approximate surface area is 253 Å². The van der Waals surface area contributed by atoms with Gasteiger partial charge in [-0.15, -0.1) is 0 Å². The summed E-state index contributed by atoms with van der Waals surface area (Å²) in [5.74, 6) is -3.09. The van der Waals surface area contributed by atoms with Crippen LogP contribution in [0, 0.1) is 0 Å². The van der Waals surface area contributed by atoms with E-state index in [1.807, 2.05) is 24.3 Å². The second-order valence-corrected chi connectivity index (χ2v) is 10.5. The van der Waals surface area contributed by atoms with Crippen molar-refractivity contribution in [3.8, 4) is 0 Å². The number of nitrogens with zero attached hydrogens (tertiary/aromatic N) is 2. The maximum Gasteiger partial charge on any atom is 0.326 e. The molecule has 3 heterocycles. The fourth-order valence-electron chi connectivity index (χ4n) is 4.86. The molecule has 0 aliphatic carbocycles. The lowest BCUT2D eigenvalue weighted by Crippen LogP contribution is -2.58. The molecule has 4 aromatic rings. The number of carboxylic acid groups (broad SMARTS) is 1. The van der Waals surface area contributed by atoms with E-state index in [0.29, 0.717) is 30.8 Å². The Bertz CT molecular complexity index is 1520. The molecule has 11 N–H and O–H groups in total. The molecule has 0 radical (unpaired) electrons. The molecule has 15 nitrogen and oxygen atoms in total. The summed E-state index contributed by atoms with van der Waals surface area (Å²) in [4.78, 5) is 68.9. The van der Waals surface area contributed by atoms with Crippen LogP contribution in [0.4, 0.5) is 0 Å². The minimum Gasteiger partial charge on any atom is -0.480 e. The second kappa shape index (κ2) is 15.5. The molecule has 0 bridgehead atoms. The summed E-state index contributed by atoms with van der Waals surface area (Å²) in [6.45, 7) is 0.382. The highest BCUT2D eigenvalue weighted by Gasteiger charge is 2.31. The van der Waals surface area contributed by atoms with E-state index in [-0.39, 0.29) is 25.7 Å². The predicted molar refractivity (Wildman–Crippen MR) is 161 cm³/mol. The summed E-state index contributed by atoms with van der Waals surface area (Å²) >= 11 is 0. The van der Waals surface area contributed by atoms with Crippen LogP contribution in [0.2, 0.25) is 0 Å². The number of amides is 3. The number of carbonyl (C=O) groups excluding carboxylic acids is 3. The number of unbranched alkanes of at least 4 members (excludes halogenated alkanes) is 1. The first-order chi connectivity index (χ1) is 21.2. The molecule has 0 aliphatic rings. The lowest BCUT2D eigenvalue weighted by molar-refractivity contribution is -0.142.